The van der Waals surface area contributed by atoms with Crippen molar-refractivity contribution in [3.8, 4) is 17.3 Å². The van der Waals surface area contributed by atoms with Gasteiger partial charge in [-0.25, -0.2) is 23.4 Å². The molecule has 0 saturated carbocycles. The molecule has 0 aliphatic rings. The number of nitrogens with one attached hydrogen (secondary N) is 2. The molecule has 45 heavy (non-hydrogen) atoms. The minimum atomic E-state index is -4.04. The smallest absolute Gasteiger partial charge is 0.279 e. The van der Waals surface area contributed by atoms with Crippen molar-refractivity contribution in [3.05, 3.63) is 112 Å². The van der Waals surface area contributed by atoms with Crippen molar-refractivity contribution >= 4 is 49.8 Å². The highest BCUT2D eigenvalue weighted by Crippen LogP contribution is 2.30. The molecule has 0 atom stereocenters. The molecule has 0 unspecified atom stereocenters. The average molecular weight is 650 g/mol. The first-order valence-electron chi connectivity index (χ1n) is 13.2. The number of carbonyl (C=O) groups is 1. The number of benzene rings is 2. The van der Waals surface area contributed by atoms with Gasteiger partial charge >= 0.3 is 0 Å². The van der Waals surface area contributed by atoms with Crippen LogP contribution < -0.4 is 15.2 Å². The van der Waals surface area contributed by atoms with E-state index in [1.165, 1.54) is 47.4 Å². The quantitative estimate of drug-likeness (QED) is 0.132. The molecule has 2 aromatic carbocycles. The molecule has 4 N–H and O–H groups in total. The maximum atomic E-state index is 14.0. The highest BCUT2D eigenvalue weighted by atomic mass is 35.5. The lowest BCUT2D eigenvalue weighted by Gasteiger charge is -2.11. The number of H-pyrrole nitrogens is 1. The van der Waals surface area contributed by atoms with E-state index in [1.54, 1.807) is 32.0 Å². The summed E-state index contributed by atoms with van der Waals surface area (Å²) in [5.41, 5.74) is 8.97. The monoisotopic (exact) mass is 649 g/mol. The maximum absolute atomic E-state index is 14.0. The number of nitrogen functional groups attached to an aromatic ring is 1. The fourth-order valence-corrected chi connectivity index (χ4v) is 5.92. The number of rotatable bonds is 8. The summed E-state index contributed by atoms with van der Waals surface area (Å²) in [6.07, 6.45) is 2.67. The van der Waals surface area contributed by atoms with E-state index in [9.17, 15) is 22.0 Å². The van der Waals surface area contributed by atoms with Gasteiger partial charge in [0.1, 0.15) is 11.0 Å². The topological polar surface area (TPSA) is 158 Å². The molecule has 0 aliphatic carbocycles. The molecule has 4 aromatic heterocycles. The molecule has 0 bridgehead atoms. The van der Waals surface area contributed by atoms with E-state index in [2.05, 4.69) is 24.8 Å². The lowest BCUT2D eigenvalue weighted by molar-refractivity contribution is 0.103. The van der Waals surface area contributed by atoms with Crippen molar-refractivity contribution in [2.24, 2.45) is 0 Å². The molecule has 4 heterocycles. The normalized spacial score (nSPS) is 11.6. The Balaban J connectivity index is 1.26. The van der Waals surface area contributed by atoms with Gasteiger partial charge in [0.25, 0.3) is 10.0 Å². The zero-order valence-electron chi connectivity index (χ0n) is 23.5. The van der Waals surface area contributed by atoms with Gasteiger partial charge < -0.3 is 15.5 Å². The molecule has 6 rings (SSSR count). The second-order valence-electron chi connectivity index (χ2n) is 9.99. The van der Waals surface area contributed by atoms with Gasteiger partial charge in [-0.2, -0.15) is 13.5 Å². The molecule has 0 radical (unpaired) electrons. The summed E-state index contributed by atoms with van der Waals surface area (Å²) in [5, 5.41) is 4.71. The standard InChI is InChI=1S/C30H22ClF2N7O4S/c1-15-9-17-11-23(37-22(17)12-21(15)39-45(42,43)27-8-4-7-25(31)38-27)28(41)18-13-36-40(30(18)34)24-14-35-26(10-16(24)2)44-29-19(32)5-3-6-20(29)33/h3-14,37,39H,34H2,1-2H3. The van der Waals surface area contributed by atoms with Crippen LogP contribution in [-0.4, -0.2) is 38.9 Å². The third-order valence-electron chi connectivity index (χ3n) is 6.88. The van der Waals surface area contributed by atoms with Crippen molar-refractivity contribution in [2.75, 3.05) is 10.5 Å². The number of para-hydroxylation sites is 1. The first-order valence-corrected chi connectivity index (χ1v) is 15.0. The van der Waals surface area contributed by atoms with Crippen molar-refractivity contribution < 1.29 is 26.7 Å². The van der Waals surface area contributed by atoms with Gasteiger partial charge in [0, 0.05) is 17.0 Å². The van der Waals surface area contributed by atoms with Crippen LogP contribution in [0, 0.1) is 25.5 Å². The van der Waals surface area contributed by atoms with Crippen LogP contribution in [-0.2, 0) is 10.0 Å². The summed E-state index contributed by atoms with van der Waals surface area (Å²) >= 11 is 5.86. The first kappa shape index (κ1) is 29.7. The molecule has 0 spiro atoms. The Kier molecular flexibility index (Phi) is 7.46. The number of sulfonamides is 1. The number of aryl methyl sites for hydroxylation is 2. The number of halogens is 3. The number of ketones is 1. The Labute approximate surface area is 259 Å². The van der Waals surface area contributed by atoms with E-state index in [-0.39, 0.29) is 38.8 Å². The van der Waals surface area contributed by atoms with Crippen molar-refractivity contribution in [1.29, 1.82) is 0 Å². The zero-order chi connectivity index (χ0) is 32.0. The lowest BCUT2D eigenvalue weighted by Crippen LogP contribution is -2.15. The number of carbonyl (C=O) groups excluding carboxylic acids is 1. The zero-order valence-corrected chi connectivity index (χ0v) is 25.0. The number of nitrogens with zero attached hydrogens (tertiary/aromatic N) is 4. The van der Waals surface area contributed by atoms with E-state index in [1.807, 2.05) is 0 Å². The molecule has 0 fully saturated rings. The summed E-state index contributed by atoms with van der Waals surface area (Å²) in [7, 11) is -4.04. The maximum Gasteiger partial charge on any atom is 0.279 e. The summed E-state index contributed by atoms with van der Waals surface area (Å²) in [4.78, 5) is 24.5. The summed E-state index contributed by atoms with van der Waals surface area (Å²) in [5.74, 6) is -2.83. The second kappa shape index (κ2) is 11.3. The van der Waals surface area contributed by atoms with Gasteiger partial charge in [0.2, 0.25) is 17.4 Å². The van der Waals surface area contributed by atoms with Gasteiger partial charge in [-0.15, -0.1) is 0 Å². The van der Waals surface area contributed by atoms with E-state index in [0.29, 0.717) is 27.7 Å². The van der Waals surface area contributed by atoms with Crippen LogP contribution in [0.25, 0.3) is 16.6 Å². The molecular weight excluding hydrogens is 628 g/mol. The molecule has 228 valence electrons. The number of aromatic nitrogens is 5. The Hall–Kier alpha value is -5.34. The van der Waals surface area contributed by atoms with E-state index >= 15 is 0 Å². The number of anilines is 2. The van der Waals surface area contributed by atoms with Crippen molar-refractivity contribution in [1.82, 2.24) is 24.7 Å². The van der Waals surface area contributed by atoms with Crippen LogP contribution in [0.5, 0.6) is 11.6 Å². The molecule has 0 amide bonds. The predicted molar refractivity (Wildman–Crippen MR) is 163 cm³/mol. The minimum absolute atomic E-state index is 0.0241. The fraction of sp³-hybridized carbons (Fsp3) is 0.0667. The third-order valence-corrected chi connectivity index (χ3v) is 8.36. The number of hydrogen-bond donors (Lipinski definition) is 3. The number of fused-ring (bicyclic) bond motifs is 1. The summed E-state index contributed by atoms with van der Waals surface area (Å²) in [6.45, 7) is 3.41. The Morgan fingerprint density at radius 3 is 2.47 bits per heavy atom. The van der Waals surface area contributed by atoms with Gasteiger partial charge in [-0.3, -0.25) is 9.52 Å². The number of hydrogen-bond acceptors (Lipinski definition) is 8. The Bertz CT molecular complexity index is 2230. The van der Waals surface area contributed by atoms with Crippen molar-refractivity contribution in [2.45, 2.75) is 18.9 Å². The van der Waals surface area contributed by atoms with E-state index in [0.717, 1.165) is 12.1 Å². The Morgan fingerprint density at radius 1 is 1.02 bits per heavy atom. The van der Waals surface area contributed by atoms with E-state index in [4.69, 9.17) is 22.1 Å². The third kappa shape index (κ3) is 5.68. The lowest BCUT2D eigenvalue weighted by atomic mass is 10.1. The second-order valence-corrected chi connectivity index (χ2v) is 12.0. The van der Waals surface area contributed by atoms with Crippen LogP contribution in [0.4, 0.5) is 20.3 Å². The first-order chi connectivity index (χ1) is 21.4. The van der Waals surface area contributed by atoms with Gasteiger partial charge in [-0.05, 0) is 67.4 Å². The number of pyridine rings is 2. The average Bonchev–Trinajstić information content (AvgIpc) is 3.58. The van der Waals surface area contributed by atoms with Crippen LogP contribution in [0.1, 0.15) is 27.2 Å². The molecular formula is C30H22ClF2N7O4S. The molecule has 6 aromatic rings. The largest absolute Gasteiger partial charge is 0.433 e. The Morgan fingerprint density at radius 2 is 1.76 bits per heavy atom. The van der Waals surface area contributed by atoms with Crippen molar-refractivity contribution in [3.63, 3.8) is 0 Å². The fourth-order valence-electron chi connectivity index (χ4n) is 4.62. The van der Waals surface area contributed by atoms with E-state index < -0.39 is 33.2 Å². The number of aromatic amines is 1. The van der Waals surface area contributed by atoms with Crippen LogP contribution in [0.3, 0.4) is 0 Å². The minimum Gasteiger partial charge on any atom is -0.433 e. The van der Waals surface area contributed by atoms with Gasteiger partial charge in [0.15, 0.2) is 16.7 Å². The summed E-state index contributed by atoms with van der Waals surface area (Å²) < 4.78 is 62.9. The molecule has 15 heteroatoms. The molecule has 0 saturated heterocycles. The number of nitrogens with two attached hydrogens (primary N) is 1. The SMILES string of the molecule is Cc1cc2cc(C(=O)c3cnn(-c4cnc(Oc5c(F)cccc5F)cc4C)c3N)[nH]c2cc1NS(=O)(=O)c1cccc(Cl)n1. The van der Waals surface area contributed by atoms with Gasteiger partial charge in [0.05, 0.1) is 35.0 Å². The molecule has 11 nitrogen and oxygen atoms in total. The van der Waals surface area contributed by atoms with Crippen LogP contribution in [0.2, 0.25) is 5.15 Å². The highest BCUT2D eigenvalue weighted by molar-refractivity contribution is 7.92. The highest BCUT2D eigenvalue weighted by Gasteiger charge is 2.23. The predicted octanol–water partition coefficient (Wildman–Crippen LogP) is 6.10. The van der Waals surface area contributed by atoms with Gasteiger partial charge in [-0.1, -0.05) is 23.7 Å². The van der Waals surface area contributed by atoms with Crippen LogP contribution >= 0.6 is 11.6 Å². The summed E-state index contributed by atoms with van der Waals surface area (Å²) in [6, 6.07) is 14.0. The number of ether oxygens (including phenoxy) is 1. The molecule has 0 aliphatic heterocycles. The van der Waals surface area contributed by atoms with Crippen LogP contribution in [0.15, 0.2) is 78.1 Å².